The summed E-state index contributed by atoms with van der Waals surface area (Å²) in [7, 11) is 0. The Morgan fingerprint density at radius 1 is 1.03 bits per heavy atom. The van der Waals surface area contributed by atoms with Crippen LogP contribution in [-0.4, -0.2) is 86.5 Å². The molecule has 0 saturated carbocycles. The summed E-state index contributed by atoms with van der Waals surface area (Å²) >= 11 is 0. The molecule has 1 N–H and O–H groups in total. The van der Waals surface area contributed by atoms with Gasteiger partial charge in [0.1, 0.15) is 0 Å². The molecular formula is C24H47IN4O2. The Morgan fingerprint density at radius 3 is 2.55 bits per heavy atom. The first-order valence-corrected chi connectivity index (χ1v) is 12.8. The molecule has 0 aromatic rings. The highest BCUT2D eigenvalue weighted by atomic mass is 127. The summed E-state index contributed by atoms with van der Waals surface area (Å²) < 4.78 is 12.0. The fourth-order valence-corrected chi connectivity index (χ4v) is 4.94. The number of likely N-dealkylation sites (tertiary alicyclic amines) is 2. The first-order chi connectivity index (χ1) is 14.8. The molecule has 31 heavy (non-hydrogen) atoms. The number of piperidine rings is 2. The average Bonchev–Trinajstić information content (AvgIpc) is 2.79. The number of nitrogens with zero attached hydrogens (tertiary/aromatic N) is 3. The molecule has 182 valence electrons. The zero-order valence-corrected chi connectivity index (χ0v) is 22.4. The SMILES string of the molecule is CCNC(=NCCCCN1CCCCC1C)N1CCC(OCC2CCCCO2)CC1.I. The predicted octanol–water partition coefficient (Wildman–Crippen LogP) is 4.27. The van der Waals surface area contributed by atoms with Crippen molar-refractivity contribution < 1.29 is 9.47 Å². The van der Waals surface area contributed by atoms with Gasteiger partial charge in [0.05, 0.1) is 18.8 Å². The number of hydrogen-bond acceptors (Lipinski definition) is 4. The van der Waals surface area contributed by atoms with Crippen molar-refractivity contribution in [2.75, 3.05) is 52.5 Å². The maximum absolute atomic E-state index is 6.17. The minimum atomic E-state index is 0. The number of unbranched alkanes of at least 4 members (excludes halogenated alkanes) is 1. The van der Waals surface area contributed by atoms with Gasteiger partial charge in [0, 0.05) is 38.8 Å². The van der Waals surface area contributed by atoms with Crippen molar-refractivity contribution in [1.29, 1.82) is 0 Å². The number of rotatable bonds is 9. The molecule has 2 unspecified atom stereocenters. The van der Waals surface area contributed by atoms with E-state index in [1.807, 2.05) is 0 Å². The van der Waals surface area contributed by atoms with E-state index in [9.17, 15) is 0 Å². The summed E-state index contributed by atoms with van der Waals surface area (Å²) in [5.41, 5.74) is 0. The van der Waals surface area contributed by atoms with Gasteiger partial charge in [-0.2, -0.15) is 0 Å². The van der Waals surface area contributed by atoms with Gasteiger partial charge in [-0.3, -0.25) is 4.99 Å². The van der Waals surface area contributed by atoms with Crippen LogP contribution in [-0.2, 0) is 9.47 Å². The molecule has 7 heteroatoms. The second-order valence-corrected chi connectivity index (χ2v) is 9.33. The molecule has 0 amide bonds. The van der Waals surface area contributed by atoms with E-state index in [0.29, 0.717) is 12.2 Å². The molecule has 3 aliphatic rings. The van der Waals surface area contributed by atoms with Crippen LogP contribution in [0.1, 0.15) is 78.1 Å². The lowest BCUT2D eigenvalue weighted by molar-refractivity contribution is -0.0721. The first kappa shape index (κ1) is 27.1. The summed E-state index contributed by atoms with van der Waals surface area (Å²) in [5.74, 6) is 1.10. The van der Waals surface area contributed by atoms with E-state index >= 15 is 0 Å². The Labute approximate surface area is 207 Å². The van der Waals surface area contributed by atoms with Crippen LogP contribution in [0.5, 0.6) is 0 Å². The summed E-state index contributed by atoms with van der Waals surface area (Å²) in [6.07, 6.45) is 13.1. The van der Waals surface area contributed by atoms with Crippen LogP contribution in [0.4, 0.5) is 0 Å². The fourth-order valence-electron chi connectivity index (χ4n) is 4.94. The number of halogens is 1. The van der Waals surface area contributed by atoms with Crippen molar-refractivity contribution >= 4 is 29.9 Å². The summed E-state index contributed by atoms with van der Waals surface area (Å²) in [6.45, 7) is 12.7. The lowest BCUT2D eigenvalue weighted by atomic mass is 10.0. The molecule has 0 aromatic heterocycles. The lowest BCUT2D eigenvalue weighted by Crippen LogP contribution is -2.47. The van der Waals surface area contributed by atoms with Crippen molar-refractivity contribution in [1.82, 2.24) is 15.1 Å². The van der Waals surface area contributed by atoms with Crippen molar-refractivity contribution in [3.63, 3.8) is 0 Å². The van der Waals surface area contributed by atoms with Crippen LogP contribution >= 0.6 is 24.0 Å². The number of nitrogens with one attached hydrogen (secondary N) is 1. The third kappa shape index (κ3) is 9.72. The third-order valence-corrected chi connectivity index (χ3v) is 6.92. The molecule has 3 fully saturated rings. The maximum atomic E-state index is 6.17. The van der Waals surface area contributed by atoms with Gasteiger partial charge in [-0.25, -0.2) is 0 Å². The predicted molar refractivity (Wildman–Crippen MR) is 140 cm³/mol. The van der Waals surface area contributed by atoms with Crippen LogP contribution in [0, 0.1) is 0 Å². The summed E-state index contributed by atoms with van der Waals surface area (Å²) in [4.78, 5) is 10.0. The monoisotopic (exact) mass is 550 g/mol. The zero-order valence-electron chi connectivity index (χ0n) is 20.0. The summed E-state index contributed by atoms with van der Waals surface area (Å²) in [5, 5.41) is 3.50. The third-order valence-electron chi connectivity index (χ3n) is 6.92. The minimum Gasteiger partial charge on any atom is -0.376 e. The molecule has 0 aromatic carbocycles. The Kier molecular flexibility index (Phi) is 13.7. The van der Waals surface area contributed by atoms with Crippen molar-refractivity contribution in [3.05, 3.63) is 0 Å². The smallest absolute Gasteiger partial charge is 0.193 e. The number of guanidine groups is 1. The van der Waals surface area contributed by atoms with Gasteiger partial charge < -0.3 is 24.6 Å². The highest BCUT2D eigenvalue weighted by Crippen LogP contribution is 2.19. The molecule has 0 radical (unpaired) electrons. The van der Waals surface area contributed by atoms with Crippen molar-refractivity contribution in [3.8, 4) is 0 Å². The van der Waals surface area contributed by atoms with E-state index in [1.165, 1.54) is 58.0 Å². The standard InChI is InChI=1S/C24H46N4O2.HI/c1-3-25-24(26-14-6-8-16-27-15-7-4-10-21(27)2)28-17-12-22(13-18-28)30-20-23-11-5-9-19-29-23;/h21-23H,3-20H2,1-2H3,(H,25,26);1H. The topological polar surface area (TPSA) is 49.3 Å². The Hall–Kier alpha value is -0.120. The van der Waals surface area contributed by atoms with E-state index in [2.05, 4.69) is 29.0 Å². The molecular weight excluding hydrogens is 503 g/mol. The Balaban J connectivity index is 0.00000341. The van der Waals surface area contributed by atoms with Crippen LogP contribution in [0.3, 0.4) is 0 Å². The second kappa shape index (κ2) is 15.7. The molecule has 6 nitrogen and oxygen atoms in total. The van der Waals surface area contributed by atoms with E-state index in [1.54, 1.807) is 0 Å². The normalized spacial score (nSPS) is 26.5. The van der Waals surface area contributed by atoms with Gasteiger partial charge in [0.2, 0.25) is 0 Å². The number of hydrogen-bond donors (Lipinski definition) is 1. The largest absolute Gasteiger partial charge is 0.376 e. The Bertz CT molecular complexity index is 494. The molecule has 0 aliphatic carbocycles. The molecule has 3 heterocycles. The van der Waals surface area contributed by atoms with E-state index < -0.39 is 0 Å². The summed E-state index contributed by atoms with van der Waals surface area (Å²) in [6, 6.07) is 0.771. The Morgan fingerprint density at radius 2 is 1.84 bits per heavy atom. The molecule has 2 atom stereocenters. The van der Waals surface area contributed by atoms with Gasteiger partial charge >= 0.3 is 0 Å². The van der Waals surface area contributed by atoms with Crippen molar-refractivity contribution in [2.45, 2.75) is 96.3 Å². The highest BCUT2D eigenvalue weighted by Gasteiger charge is 2.24. The van der Waals surface area contributed by atoms with Crippen LogP contribution < -0.4 is 5.32 Å². The van der Waals surface area contributed by atoms with Crippen LogP contribution in [0.15, 0.2) is 4.99 Å². The highest BCUT2D eigenvalue weighted by molar-refractivity contribution is 14.0. The fraction of sp³-hybridized carbons (Fsp3) is 0.958. The second-order valence-electron chi connectivity index (χ2n) is 9.33. The first-order valence-electron chi connectivity index (χ1n) is 12.8. The van der Waals surface area contributed by atoms with E-state index in [0.717, 1.165) is 70.7 Å². The zero-order chi connectivity index (χ0) is 21.0. The van der Waals surface area contributed by atoms with Crippen LogP contribution in [0.2, 0.25) is 0 Å². The molecule has 3 aliphatic heterocycles. The van der Waals surface area contributed by atoms with E-state index in [-0.39, 0.29) is 24.0 Å². The quantitative estimate of drug-likeness (QED) is 0.201. The number of aliphatic imine (C=N–C) groups is 1. The van der Waals surface area contributed by atoms with Gasteiger partial charge in [-0.15, -0.1) is 24.0 Å². The lowest BCUT2D eigenvalue weighted by Gasteiger charge is -2.35. The van der Waals surface area contributed by atoms with Gasteiger partial charge in [-0.05, 0) is 84.7 Å². The number of ether oxygens (including phenoxy) is 2. The molecule has 0 spiro atoms. The molecule has 3 saturated heterocycles. The minimum absolute atomic E-state index is 0. The van der Waals surface area contributed by atoms with Gasteiger partial charge in [-0.1, -0.05) is 6.42 Å². The van der Waals surface area contributed by atoms with E-state index in [4.69, 9.17) is 14.5 Å². The van der Waals surface area contributed by atoms with Gasteiger partial charge in [0.15, 0.2) is 5.96 Å². The molecule has 0 bridgehead atoms. The van der Waals surface area contributed by atoms with Crippen molar-refractivity contribution in [2.24, 2.45) is 4.99 Å². The molecule has 3 rings (SSSR count). The van der Waals surface area contributed by atoms with Crippen LogP contribution in [0.25, 0.3) is 0 Å². The average molecular weight is 551 g/mol. The maximum Gasteiger partial charge on any atom is 0.193 e. The van der Waals surface area contributed by atoms with Gasteiger partial charge in [0.25, 0.3) is 0 Å².